The second-order valence-corrected chi connectivity index (χ2v) is 16.2. The lowest BCUT2D eigenvalue weighted by atomic mass is 9.78. The molecule has 46 heavy (non-hydrogen) atoms. The van der Waals surface area contributed by atoms with Crippen LogP contribution in [-0.2, 0) is 16.6 Å². The molecule has 2 saturated heterocycles. The summed E-state index contributed by atoms with van der Waals surface area (Å²) in [5.74, 6) is 2.48. The van der Waals surface area contributed by atoms with Crippen LogP contribution in [0.4, 0.5) is 10.5 Å². The van der Waals surface area contributed by atoms with Crippen LogP contribution in [0.25, 0.3) is 5.57 Å². The molecule has 1 amide bonds. The molecule has 1 aromatic carbocycles. The molecule has 4 fully saturated rings. The number of nitrogens with one attached hydrogen (secondary N) is 1. The highest BCUT2D eigenvalue weighted by Crippen LogP contribution is 2.55. The zero-order valence-electron chi connectivity index (χ0n) is 28.4. The van der Waals surface area contributed by atoms with Gasteiger partial charge < -0.3 is 14.6 Å². The zero-order valence-corrected chi connectivity index (χ0v) is 28.4. The topological polar surface area (TPSA) is 73.8 Å². The van der Waals surface area contributed by atoms with E-state index in [0.717, 1.165) is 44.6 Å². The van der Waals surface area contributed by atoms with Crippen LogP contribution in [0.3, 0.4) is 0 Å². The lowest BCUT2D eigenvalue weighted by Crippen LogP contribution is -2.43. The Morgan fingerprint density at radius 2 is 1.72 bits per heavy atom. The van der Waals surface area contributed by atoms with Gasteiger partial charge in [-0.2, -0.15) is 0 Å². The number of likely N-dealkylation sites (tertiary alicyclic amines) is 1. The van der Waals surface area contributed by atoms with Crippen molar-refractivity contribution in [3.63, 3.8) is 0 Å². The van der Waals surface area contributed by atoms with Gasteiger partial charge in [0.25, 0.3) is 0 Å². The van der Waals surface area contributed by atoms with Crippen LogP contribution in [0.15, 0.2) is 29.5 Å². The van der Waals surface area contributed by atoms with E-state index >= 15 is 0 Å². The number of aliphatic imine (C=N–C) groups is 1. The minimum absolute atomic E-state index is 0.0440. The lowest BCUT2D eigenvalue weighted by molar-refractivity contribution is 0.0265. The van der Waals surface area contributed by atoms with Crippen molar-refractivity contribution in [2.75, 3.05) is 24.5 Å². The second kappa shape index (κ2) is 11.9. The van der Waals surface area contributed by atoms with Gasteiger partial charge in [-0.3, -0.25) is 9.89 Å². The molecule has 4 heterocycles. The largest absolute Gasteiger partial charge is 0.444 e. The summed E-state index contributed by atoms with van der Waals surface area (Å²) in [5, 5.41) is 0. The fourth-order valence-electron chi connectivity index (χ4n) is 9.96. The number of benzene rings is 1. The number of aromatic amines is 1. The number of H-pyrrole nitrogens is 1. The first-order valence-corrected chi connectivity index (χ1v) is 18.5. The normalized spacial score (nSPS) is 25.1. The van der Waals surface area contributed by atoms with Crippen molar-refractivity contribution in [1.29, 1.82) is 0 Å². The van der Waals surface area contributed by atoms with Gasteiger partial charge in [0, 0.05) is 67.4 Å². The number of piperidine rings is 1. The Hall–Kier alpha value is -3.09. The number of carbonyl (C=O) groups excluding carboxylic acids is 1. The molecule has 7 heteroatoms. The van der Waals surface area contributed by atoms with Gasteiger partial charge in [-0.15, -0.1) is 0 Å². The van der Waals surface area contributed by atoms with Crippen molar-refractivity contribution in [3.8, 4) is 0 Å². The summed E-state index contributed by atoms with van der Waals surface area (Å²) in [6.07, 6.45) is 22.4. The van der Waals surface area contributed by atoms with Crippen molar-refractivity contribution < 1.29 is 9.53 Å². The minimum Gasteiger partial charge on any atom is -0.444 e. The number of hydrogen-bond acceptors (Lipinski definition) is 5. The Balaban J connectivity index is 1.00. The third kappa shape index (κ3) is 5.49. The first-order chi connectivity index (χ1) is 22.3. The van der Waals surface area contributed by atoms with Crippen LogP contribution >= 0.6 is 0 Å². The van der Waals surface area contributed by atoms with Crippen LogP contribution in [0, 0.1) is 0 Å². The molecule has 1 spiro atoms. The number of fused-ring (bicyclic) bond motifs is 2. The van der Waals surface area contributed by atoms with Crippen molar-refractivity contribution in [2.45, 2.75) is 146 Å². The summed E-state index contributed by atoms with van der Waals surface area (Å²) in [6.45, 7) is 8.80. The van der Waals surface area contributed by atoms with E-state index in [2.05, 4.69) is 34.4 Å². The van der Waals surface area contributed by atoms with Crippen molar-refractivity contribution in [2.24, 2.45) is 4.99 Å². The summed E-state index contributed by atoms with van der Waals surface area (Å²) in [6, 6.07) is 4.93. The number of ether oxygens (including phenoxy) is 1. The van der Waals surface area contributed by atoms with Gasteiger partial charge in [0.2, 0.25) is 0 Å². The molecule has 1 N–H and O–H groups in total. The quantitative estimate of drug-likeness (QED) is 0.361. The Labute approximate surface area is 275 Å². The second-order valence-electron chi connectivity index (χ2n) is 16.2. The van der Waals surface area contributed by atoms with E-state index in [1.807, 2.05) is 25.7 Å². The van der Waals surface area contributed by atoms with Gasteiger partial charge in [-0.25, -0.2) is 9.78 Å². The van der Waals surface area contributed by atoms with E-state index in [0.29, 0.717) is 17.3 Å². The molecule has 0 bridgehead atoms. The number of imidazole rings is 1. The fraction of sp³-hybridized carbons (Fsp3) is 0.667. The molecule has 7 nitrogen and oxygen atoms in total. The molecule has 8 rings (SSSR count). The third-order valence-corrected chi connectivity index (χ3v) is 12.2. The molecule has 2 saturated carbocycles. The van der Waals surface area contributed by atoms with E-state index in [4.69, 9.17) is 14.7 Å². The van der Waals surface area contributed by atoms with Gasteiger partial charge in [-0.1, -0.05) is 31.7 Å². The summed E-state index contributed by atoms with van der Waals surface area (Å²) in [5.41, 5.74) is 9.88. The van der Waals surface area contributed by atoms with Crippen LogP contribution in [0.1, 0.15) is 151 Å². The highest BCUT2D eigenvalue weighted by atomic mass is 16.6. The molecular weight excluding hydrogens is 570 g/mol. The van der Waals surface area contributed by atoms with Crippen molar-refractivity contribution >= 4 is 23.1 Å². The molecule has 1 aromatic heterocycles. The van der Waals surface area contributed by atoms with Crippen LogP contribution in [-0.4, -0.2) is 57.9 Å². The van der Waals surface area contributed by atoms with E-state index in [1.54, 1.807) is 11.1 Å². The highest BCUT2D eigenvalue weighted by molar-refractivity contribution is 6.03. The Kier molecular flexibility index (Phi) is 7.80. The maximum Gasteiger partial charge on any atom is 0.410 e. The zero-order chi connectivity index (χ0) is 31.5. The summed E-state index contributed by atoms with van der Waals surface area (Å²) < 4.78 is 5.77. The van der Waals surface area contributed by atoms with Crippen molar-refractivity contribution in [1.82, 2.24) is 14.9 Å². The summed E-state index contributed by atoms with van der Waals surface area (Å²) >= 11 is 0. The number of amides is 1. The fourth-order valence-corrected chi connectivity index (χ4v) is 9.96. The van der Waals surface area contributed by atoms with Gasteiger partial charge >= 0.3 is 6.09 Å². The average Bonchev–Trinajstić information content (AvgIpc) is 3.88. The van der Waals surface area contributed by atoms with E-state index < -0.39 is 5.60 Å². The number of nitrogens with zero attached hydrogens (tertiary/aromatic N) is 4. The molecule has 246 valence electrons. The number of carbonyl (C=O) groups is 1. The van der Waals surface area contributed by atoms with E-state index in [-0.39, 0.29) is 12.1 Å². The Morgan fingerprint density at radius 1 is 0.935 bits per heavy atom. The van der Waals surface area contributed by atoms with Crippen LogP contribution in [0.5, 0.6) is 0 Å². The first kappa shape index (κ1) is 30.3. The molecule has 0 radical (unpaired) electrons. The maximum atomic E-state index is 13.0. The van der Waals surface area contributed by atoms with Gasteiger partial charge in [0.1, 0.15) is 11.4 Å². The Morgan fingerprint density at radius 3 is 2.48 bits per heavy atom. The smallest absolute Gasteiger partial charge is 0.410 e. The Bertz CT molecular complexity index is 1530. The van der Waals surface area contributed by atoms with Crippen LogP contribution < -0.4 is 4.90 Å². The molecule has 2 aromatic rings. The lowest BCUT2D eigenvalue weighted by Gasteiger charge is -2.38. The van der Waals surface area contributed by atoms with Gasteiger partial charge in [-0.05, 0) is 119 Å². The standard InChI is InChI=1S/C39H53N5O2/c1-38(2,3)46-37(45)44-20-8-11-33(44)31-23-28(24-40-31)29-12-13-34(35-30(29)14-19-39(35)17-6-7-18-39)43-21-15-26(16-22-43)32-25-41-36(42-32)27-9-4-5-10-27/h12-13,24-27,33H,4-11,14-23H2,1-3H3,(H,41,42)/t33-/m0/s1. The van der Waals surface area contributed by atoms with E-state index in [1.165, 1.54) is 105 Å². The number of rotatable bonds is 5. The number of aromatic nitrogens is 2. The monoisotopic (exact) mass is 623 g/mol. The first-order valence-electron chi connectivity index (χ1n) is 18.5. The predicted molar refractivity (Wildman–Crippen MR) is 185 cm³/mol. The molecule has 6 aliphatic rings. The van der Waals surface area contributed by atoms with E-state index in [9.17, 15) is 4.79 Å². The van der Waals surface area contributed by atoms with Crippen molar-refractivity contribution in [3.05, 3.63) is 52.7 Å². The van der Waals surface area contributed by atoms with Gasteiger partial charge in [0.05, 0.1) is 6.04 Å². The summed E-state index contributed by atoms with van der Waals surface area (Å²) in [7, 11) is 0. The summed E-state index contributed by atoms with van der Waals surface area (Å²) in [4.78, 5) is 31.3. The number of hydrogen-bond donors (Lipinski definition) is 1. The molecule has 3 aliphatic heterocycles. The maximum absolute atomic E-state index is 13.0. The predicted octanol–water partition coefficient (Wildman–Crippen LogP) is 8.79. The number of allylic oxidation sites excluding steroid dienone is 1. The highest BCUT2D eigenvalue weighted by Gasteiger charge is 2.45. The SMILES string of the molecule is CC(C)(C)OC(=O)N1CCC[C@H]1C1=NC=C(c2ccc(N3CCC(c4cnc(C5CCCC5)[nH]4)CC3)c3c2CCC32CCCC2)C1. The molecule has 0 unspecified atom stereocenters. The van der Waals surface area contributed by atoms with Crippen LogP contribution in [0.2, 0.25) is 0 Å². The molecular formula is C39H53N5O2. The van der Waals surface area contributed by atoms with Gasteiger partial charge in [0.15, 0.2) is 0 Å². The third-order valence-electron chi connectivity index (χ3n) is 12.2. The molecule has 1 atom stereocenters. The number of anilines is 1. The average molecular weight is 624 g/mol. The minimum atomic E-state index is -0.490. The molecule has 3 aliphatic carbocycles.